The van der Waals surface area contributed by atoms with Crippen LogP contribution in [-0.4, -0.2) is 31.7 Å². The number of fused-ring (bicyclic) bond motifs is 3. The Morgan fingerprint density at radius 2 is 1.92 bits per heavy atom. The predicted octanol–water partition coefficient (Wildman–Crippen LogP) is 3.17. The lowest BCUT2D eigenvalue weighted by Gasteiger charge is -2.19. The van der Waals surface area contributed by atoms with Gasteiger partial charge in [0.2, 0.25) is 11.0 Å². The molecule has 0 bridgehead atoms. The molecule has 1 aliphatic rings. The smallest absolute Gasteiger partial charge is 0.247 e. The normalized spacial score (nSPS) is 15.3. The van der Waals surface area contributed by atoms with Gasteiger partial charge >= 0.3 is 0 Å². The fourth-order valence-electron chi connectivity index (χ4n) is 2.59. The van der Waals surface area contributed by atoms with E-state index in [-0.39, 0.29) is 11.5 Å². The molecular weight excluding hydrogens is 340 g/mol. The minimum Gasteiger partial charge on any atom is -0.504 e. The third-order valence-corrected chi connectivity index (χ3v) is 4.36. The van der Waals surface area contributed by atoms with Gasteiger partial charge in [-0.25, -0.2) is 0 Å². The Morgan fingerprint density at radius 1 is 1.08 bits per heavy atom. The first kappa shape index (κ1) is 15.5. The van der Waals surface area contributed by atoms with Gasteiger partial charge in [-0.05, 0) is 30.5 Å². The molecule has 3 N–H and O–H groups in total. The number of rotatable bonds is 2. The summed E-state index contributed by atoms with van der Waals surface area (Å²) in [5, 5.41) is 31.5. The summed E-state index contributed by atoms with van der Waals surface area (Å²) in [4.78, 5) is 4.42. The zero-order valence-electron chi connectivity index (χ0n) is 13.2. The number of ether oxygens (including phenoxy) is 1. The van der Waals surface area contributed by atoms with Crippen molar-refractivity contribution in [3.63, 3.8) is 0 Å². The number of aromatic nitrogens is 3. The molecule has 4 rings (SSSR count). The van der Waals surface area contributed by atoms with Crippen LogP contribution in [0.3, 0.4) is 0 Å². The first-order valence-electron chi connectivity index (χ1n) is 7.49. The van der Waals surface area contributed by atoms with Crippen molar-refractivity contribution in [1.82, 2.24) is 15.2 Å². The lowest BCUT2D eigenvalue weighted by Crippen LogP contribution is -2.17. The molecule has 0 amide bonds. The van der Waals surface area contributed by atoms with Crippen LogP contribution in [0.4, 0.5) is 5.69 Å². The van der Waals surface area contributed by atoms with Crippen molar-refractivity contribution in [1.29, 1.82) is 0 Å². The van der Waals surface area contributed by atoms with Gasteiger partial charge < -0.3 is 20.3 Å². The number of thioether (sulfide) groups is 1. The molecule has 0 unspecified atom stereocenters. The maximum atomic E-state index is 9.80. The number of hydrogen-bond donors (Lipinski definition) is 3. The van der Waals surface area contributed by atoms with E-state index >= 15 is 0 Å². The average Bonchev–Trinajstić information content (AvgIpc) is 2.80. The average molecular weight is 354 g/mol. The first-order chi connectivity index (χ1) is 12.2. The number of hydrogen-bond acceptors (Lipinski definition) is 8. The summed E-state index contributed by atoms with van der Waals surface area (Å²) in [6.07, 6.45) is 1.25. The molecule has 1 aliphatic heterocycles. The summed E-state index contributed by atoms with van der Waals surface area (Å²) >= 11 is 1.37. The van der Waals surface area contributed by atoms with Crippen LogP contribution in [0.25, 0.3) is 11.3 Å². The van der Waals surface area contributed by atoms with Crippen LogP contribution in [0.1, 0.15) is 11.8 Å². The van der Waals surface area contributed by atoms with Crippen LogP contribution < -0.4 is 10.1 Å². The number of aromatic hydroxyl groups is 2. The van der Waals surface area contributed by atoms with Crippen LogP contribution in [0.5, 0.6) is 17.4 Å². The Kier molecular flexibility index (Phi) is 3.81. The summed E-state index contributed by atoms with van der Waals surface area (Å²) in [5.74, 6) is -0.0486. The minimum atomic E-state index is -0.611. The highest BCUT2D eigenvalue weighted by atomic mass is 32.2. The van der Waals surface area contributed by atoms with E-state index in [9.17, 15) is 10.2 Å². The van der Waals surface area contributed by atoms with E-state index in [1.54, 1.807) is 6.07 Å². The van der Waals surface area contributed by atoms with Gasteiger partial charge in [0.05, 0.1) is 0 Å². The van der Waals surface area contributed by atoms with E-state index < -0.39 is 6.23 Å². The van der Waals surface area contributed by atoms with E-state index in [1.807, 2.05) is 30.5 Å². The summed E-state index contributed by atoms with van der Waals surface area (Å²) in [7, 11) is 0. The van der Waals surface area contributed by atoms with Crippen molar-refractivity contribution >= 4 is 17.4 Å². The van der Waals surface area contributed by atoms with Crippen molar-refractivity contribution in [2.24, 2.45) is 0 Å². The number of nitrogens with one attached hydrogen (secondary N) is 1. The third kappa shape index (κ3) is 2.80. The van der Waals surface area contributed by atoms with Crippen molar-refractivity contribution in [2.75, 3.05) is 11.6 Å². The van der Waals surface area contributed by atoms with Crippen LogP contribution in [0, 0.1) is 0 Å². The molecule has 1 atom stereocenters. The molecule has 1 aromatic heterocycles. The third-order valence-electron chi connectivity index (χ3n) is 3.82. The van der Waals surface area contributed by atoms with Gasteiger partial charge in [-0.2, -0.15) is 4.98 Å². The van der Waals surface area contributed by atoms with Crippen molar-refractivity contribution in [3.05, 3.63) is 48.0 Å². The van der Waals surface area contributed by atoms with E-state index in [2.05, 4.69) is 20.5 Å². The van der Waals surface area contributed by atoms with Crippen LogP contribution in [0.2, 0.25) is 0 Å². The summed E-state index contributed by atoms with van der Waals surface area (Å²) in [5.41, 5.74) is 2.83. The van der Waals surface area contributed by atoms with Gasteiger partial charge in [0, 0.05) is 16.8 Å². The number of phenols is 2. The van der Waals surface area contributed by atoms with Crippen LogP contribution in [0.15, 0.2) is 47.6 Å². The fraction of sp³-hybridized carbons (Fsp3) is 0.118. The largest absolute Gasteiger partial charge is 0.504 e. The van der Waals surface area contributed by atoms with Crippen molar-refractivity contribution < 1.29 is 14.9 Å². The number of anilines is 1. The topological polar surface area (TPSA) is 100 Å². The van der Waals surface area contributed by atoms with Gasteiger partial charge in [0.1, 0.15) is 0 Å². The van der Waals surface area contributed by atoms with E-state index in [4.69, 9.17) is 4.74 Å². The molecule has 2 aromatic carbocycles. The lowest BCUT2D eigenvalue weighted by molar-refractivity contribution is 0.224. The Balaban J connectivity index is 1.85. The highest BCUT2D eigenvalue weighted by molar-refractivity contribution is 7.98. The molecule has 2 heterocycles. The highest BCUT2D eigenvalue weighted by Gasteiger charge is 2.26. The molecule has 0 saturated heterocycles. The molecule has 3 aromatic rings. The van der Waals surface area contributed by atoms with Crippen LogP contribution >= 0.6 is 11.8 Å². The molecule has 0 aliphatic carbocycles. The standard InChI is InChI=1S/C17H14N4O3S/c1-25-17-19-16-14(20-21-17)10-4-2-3-5-11(10)18-15(24-16)9-6-7-12(22)13(23)8-9/h2-8,15,18,22-23H,1H3/t15-/m0/s1. The minimum absolute atomic E-state index is 0.188. The van der Waals surface area contributed by atoms with Gasteiger partial charge in [-0.3, -0.25) is 0 Å². The van der Waals surface area contributed by atoms with Crippen molar-refractivity contribution in [2.45, 2.75) is 11.4 Å². The molecule has 7 nitrogen and oxygen atoms in total. The molecule has 126 valence electrons. The summed E-state index contributed by atoms with van der Waals surface area (Å²) in [6.45, 7) is 0. The van der Waals surface area contributed by atoms with Gasteiger partial charge in [-0.1, -0.05) is 30.0 Å². The maximum Gasteiger partial charge on any atom is 0.247 e. The Morgan fingerprint density at radius 3 is 2.72 bits per heavy atom. The zero-order chi connectivity index (χ0) is 17.4. The quantitative estimate of drug-likeness (QED) is 0.477. The second kappa shape index (κ2) is 6.14. The maximum absolute atomic E-state index is 9.80. The number of phenolic OH excluding ortho intramolecular Hbond substituents is 2. The van der Waals surface area contributed by atoms with Gasteiger partial charge in [0.25, 0.3) is 0 Å². The molecule has 25 heavy (non-hydrogen) atoms. The molecule has 0 saturated carbocycles. The predicted molar refractivity (Wildman–Crippen MR) is 93.8 cm³/mol. The van der Waals surface area contributed by atoms with Crippen molar-refractivity contribution in [3.8, 4) is 28.6 Å². The fourth-order valence-corrected chi connectivity index (χ4v) is 2.88. The lowest BCUT2D eigenvalue weighted by atomic mass is 10.1. The Bertz CT molecular complexity index is 951. The molecule has 0 fully saturated rings. The number of nitrogens with zero attached hydrogens (tertiary/aromatic N) is 3. The Labute approximate surface area is 147 Å². The van der Waals surface area contributed by atoms with E-state index in [0.717, 1.165) is 11.3 Å². The monoisotopic (exact) mass is 354 g/mol. The molecule has 8 heteroatoms. The Hall–Kier alpha value is -3.00. The molecule has 0 spiro atoms. The van der Waals surface area contributed by atoms with E-state index in [1.165, 1.54) is 23.9 Å². The SMILES string of the molecule is CSc1nnc2c(n1)O[C@@H](c1ccc(O)c(O)c1)Nc1ccccc1-2. The molecular formula is C17H14N4O3S. The van der Waals surface area contributed by atoms with Crippen LogP contribution in [-0.2, 0) is 0 Å². The number of benzene rings is 2. The number of para-hydroxylation sites is 1. The second-order valence-corrected chi connectivity index (χ2v) is 6.16. The zero-order valence-corrected chi connectivity index (χ0v) is 14.0. The van der Waals surface area contributed by atoms with E-state index in [0.29, 0.717) is 22.3 Å². The molecule has 0 radical (unpaired) electrons. The summed E-state index contributed by atoms with van der Waals surface area (Å²) < 4.78 is 6.03. The highest BCUT2D eigenvalue weighted by Crippen LogP contribution is 2.40. The van der Waals surface area contributed by atoms with Gasteiger partial charge in [0.15, 0.2) is 23.4 Å². The second-order valence-electron chi connectivity index (χ2n) is 5.39. The first-order valence-corrected chi connectivity index (χ1v) is 8.71. The van der Waals surface area contributed by atoms with Gasteiger partial charge in [-0.15, -0.1) is 10.2 Å². The summed E-state index contributed by atoms with van der Waals surface area (Å²) in [6, 6.07) is 12.2.